The Balaban J connectivity index is 5.77. The highest BCUT2D eigenvalue weighted by atomic mass is 16.2. The van der Waals surface area contributed by atoms with Crippen molar-refractivity contribution in [1.82, 2.24) is 21.3 Å². The van der Waals surface area contributed by atoms with Crippen LogP contribution in [-0.2, 0) is 28.8 Å². The summed E-state index contributed by atoms with van der Waals surface area (Å²) in [7, 11) is 0. The van der Waals surface area contributed by atoms with E-state index in [0.29, 0.717) is 0 Å². The molecule has 0 aromatic heterocycles. The van der Waals surface area contributed by atoms with Crippen LogP contribution in [0.3, 0.4) is 0 Å². The molecule has 216 valence electrons. The Labute approximate surface area is 223 Å². The summed E-state index contributed by atoms with van der Waals surface area (Å²) in [6.07, 6.45) is 2.10. The molecule has 38 heavy (non-hydrogen) atoms. The van der Waals surface area contributed by atoms with Gasteiger partial charge < -0.3 is 37.8 Å². The summed E-state index contributed by atoms with van der Waals surface area (Å²) in [5.74, 6) is -4.70. The first-order valence-corrected chi connectivity index (χ1v) is 12.7. The molecule has 0 heterocycles. The molecule has 0 aromatic rings. The van der Waals surface area contributed by atoms with Crippen LogP contribution in [-0.4, -0.2) is 71.3 Å². The van der Waals surface area contributed by atoms with Crippen molar-refractivity contribution in [2.24, 2.45) is 29.2 Å². The van der Waals surface area contributed by atoms with Crippen molar-refractivity contribution in [3.8, 4) is 0 Å². The lowest BCUT2D eigenvalue weighted by atomic mass is 9.98. The van der Waals surface area contributed by atoms with Gasteiger partial charge in [0.1, 0.15) is 24.2 Å². The molecule has 0 bridgehead atoms. The second-order valence-corrected chi connectivity index (χ2v) is 10.2. The van der Waals surface area contributed by atoms with Gasteiger partial charge in [0.25, 0.3) is 0 Å². The summed E-state index contributed by atoms with van der Waals surface area (Å²) in [5, 5.41) is 19.1. The van der Waals surface area contributed by atoms with Crippen LogP contribution in [0.15, 0.2) is 12.2 Å². The van der Waals surface area contributed by atoms with Gasteiger partial charge in [0.15, 0.2) is 0 Å². The van der Waals surface area contributed by atoms with E-state index >= 15 is 0 Å². The zero-order chi connectivity index (χ0) is 29.6. The van der Waals surface area contributed by atoms with Gasteiger partial charge in [-0.3, -0.25) is 28.8 Å². The molecule has 0 saturated carbocycles. The molecule has 0 fully saturated rings. The minimum Gasteiger partial charge on any atom is -0.392 e. The van der Waals surface area contributed by atoms with Crippen molar-refractivity contribution in [2.75, 3.05) is 6.61 Å². The standard InChI is InChI=1S/C25H44N6O7/c1-13(2)12-17(29-23(36)16(9-10-18(26)33)28-19(34)8-7-11-32)24(37)31-21(15(5)6)25(38)30-20(14(3)4)22(27)35/h7-8,13-17,20-21,32H,9-12H2,1-6H3,(H2,26,33)(H2,27,35)(H,28,34)(H,29,36)(H,30,38)(H,31,37)/b8-7+/t16-,17-,20-,21-/m0/s1. The summed E-state index contributed by atoms with van der Waals surface area (Å²) in [4.78, 5) is 74.3. The molecule has 0 saturated heterocycles. The normalized spacial score (nSPS) is 14.6. The van der Waals surface area contributed by atoms with E-state index in [1.54, 1.807) is 27.7 Å². The van der Waals surface area contributed by atoms with Crippen LogP contribution in [0.25, 0.3) is 0 Å². The molecule has 0 aliphatic carbocycles. The maximum Gasteiger partial charge on any atom is 0.244 e. The monoisotopic (exact) mass is 540 g/mol. The quantitative estimate of drug-likeness (QED) is 0.109. The average molecular weight is 541 g/mol. The second-order valence-electron chi connectivity index (χ2n) is 10.2. The van der Waals surface area contributed by atoms with E-state index in [0.717, 1.165) is 6.08 Å². The van der Waals surface area contributed by atoms with E-state index in [9.17, 15) is 28.8 Å². The minimum atomic E-state index is -1.19. The summed E-state index contributed by atoms with van der Waals surface area (Å²) < 4.78 is 0. The number of carbonyl (C=O) groups excluding carboxylic acids is 6. The lowest BCUT2D eigenvalue weighted by molar-refractivity contribution is -0.135. The molecule has 6 amide bonds. The number of rotatable bonds is 17. The molecule has 13 nitrogen and oxygen atoms in total. The third kappa shape index (κ3) is 13.2. The molecule has 0 rings (SSSR count). The van der Waals surface area contributed by atoms with Gasteiger partial charge >= 0.3 is 0 Å². The fraction of sp³-hybridized carbons (Fsp3) is 0.680. The molecular formula is C25H44N6O7. The van der Waals surface area contributed by atoms with Crippen molar-refractivity contribution in [3.63, 3.8) is 0 Å². The Morgan fingerprint density at radius 1 is 0.737 bits per heavy atom. The van der Waals surface area contributed by atoms with E-state index < -0.39 is 59.6 Å². The fourth-order valence-electron chi connectivity index (χ4n) is 3.51. The van der Waals surface area contributed by atoms with Crippen molar-refractivity contribution >= 4 is 35.4 Å². The van der Waals surface area contributed by atoms with Gasteiger partial charge in [0.05, 0.1) is 6.61 Å². The Morgan fingerprint density at radius 3 is 1.71 bits per heavy atom. The fourth-order valence-corrected chi connectivity index (χ4v) is 3.51. The summed E-state index contributed by atoms with van der Waals surface area (Å²) in [5.41, 5.74) is 10.6. The molecule has 0 aromatic carbocycles. The van der Waals surface area contributed by atoms with Crippen molar-refractivity contribution in [1.29, 1.82) is 0 Å². The molecule has 0 aliphatic heterocycles. The van der Waals surface area contributed by atoms with Gasteiger partial charge in [-0.05, 0) is 30.6 Å². The molecule has 0 spiro atoms. The first-order valence-electron chi connectivity index (χ1n) is 12.7. The van der Waals surface area contributed by atoms with Gasteiger partial charge in [-0.1, -0.05) is 47.6 Å². The zero-order valence-corrected chi connectivity index (χ0v) is 23.1. The van der Waals surface area contributed by atoms with E-state index in [1.165, 1.54) is 6.08 Å². The number of primary amides is 2. The highest BCUT2D eigenvalue weighted by molar-refractivity contribution is 5.96. The first kappa shape index (κ1) is 34.5. The predicted octanol–water partition coefficient (Wildman–Crippen LogP) is -1.42. The summed E-state index contributed by atoms with van der Waals surface area (Å²) in [6.45, 7) is 10.2. The van der Waals surface area contributed by atoms with Crippen LogP contribution < -0.4 is 32.7 Å². The van der Waals surface area contributed by atoms with Crippen LogP contribution in [0, 0.1) is 17.8 Å². The lowest BCUT2D eigenvalue weighted by Crippen LogP contribution is -2.60. The van der Waals surface area contributed by atoms with Crippen LogP contribution in [0.1, 0.15) is 60.8 Å². The van der Waals surface area contributed by atoms with Crippen molar-refractivity contribution in [2.45, 2.75) is 85.0 Å². The number of aliphatic hydroxyl groups is 1. The number of aliphatic hydroxyl groups excluding tert-OH is 1. The van der Waals surface area contributed by atoms with E-state index in [1.807, 2.05) is 13.8 Å². The Hall–Kier alpha value is -3.48. The summed E-state index contributed by atoms with van der Waals surface area (Å²) in [6, 6.07) is -4.22. The molecule has 0 unspecified atom stereocenters. The Kier molecular flexibility index (Phi) is 15.5. The van der Waals surface area contributed by atoms with Crippen LogP contribution in [0.4, 0.5) is 0 Å². The molecule has 0 aliphatic rings. The number of carbonyl (C=O) groups is 6. The Morgan fingerprint density at radius 2 is 1.26 bits per heavy atom. The number of hydrogen-bond acceptors (Lipinski definition) is 7. The second kappa shape index (κ2) is 17.1. The molecule has 0 radical (unpaired) electrons. The molecular weight excluding hydrogens is 496 g/mol. The zero-order valence-electron chi connectivity index (χ0n) is 23.1. The van der Waals surface area contributed by atoms with Gasteiger partial charge in [0, 0.05) is 12.5 Å². The van der Waals surface area contributed by atoms with Crippen molar-refractivity contribution in [3.05, 3.63) is 12.2 Å². The largest absolute Gasteiger partial charge is 0.392 e. The SMILES string of the molecule is CC(C)C[C@H](NC(=O)[C@H](CCC(N)=O)NC(=O)/C=C/CO)C(=O)N[C@H](C(=O)N[C@H](C(N)=O)C(C)C)C(C)C. The third-order valence-corrected chi connectivity index (χ3v) is 5.54. The topological polar surface area (TPSA) is 223 Å². The smallest absolute Gasteiger partial charge is 0.244 e. The van der Waals surface area contributed by atoms with E-state index in [-0.39, 0.29) is 43.6 Å². The van der Waals surface area contributed by atoms with E-state index in [2.05, 4.69) is 21.3 Å². The van der Waals surface area contributed by atoms with Crippen LogP contribution in [0.2, 0.25) is 0 Å². The third-order valence-electron chi connectivity index (χ3n) is 5.54. The predicted molar refractivity (Wildman–Crippen MR) is 141 cm³/mol. The first-order chi connectivity index (χ1) is 17.6. The van der Waals surface area contributed by atoms with Gasteiger partial charge in [-0.15, -0.1) is 0 Å². The van der Waals surface area contributed by atoms with Gasteiger partial charge in [-0.25, -0.2) is 0 Å². The van der Waals surface area contributed by atoms with Crippen LogP contribution in [0.5, 0.6) is 0 Å². The van der Waals surface area contributed by atoms with Gasteiger partial charge in [0.2, 0.25) is 35.4 Å². The molecule has 9 N–H and O–H groups in total. The van der Waals surface area contributed by atoms with Crippen molar-refractivity contribution < 1.29 is 33.9 Å². The number of nitrogens with one attached hydrogen (secondary N) is 4. The lowest BCUT2D eigenvalue weighted by Gasteiger charge is -2.29. The number of amides is 6. The maximum atomic E-state index is 13.2. The highest BCUT2D eigenvalue weighted by Crippen LogP contribution is 2.10. The Bertz CT molecular complexity index is 872. The van der Waals surface area contributed by atoms with E-state index in [4.69, 9.17) is 16.6 Å². The summed E-state index contributed by atoms with van der Waals surface area (Å²) >= 11 is 0. The molecule has 4 atom stereocenters. The average Bonchev–Trinajstić information content (AvgIpc) is 2.80. The maximum absolute atomic E-state index is 13.2. The number of nitrogens with two attached hydrogens (primary N) is 2. The van der Waals surface area contributed by atoms with Crippen LogP contribution >= 0.6 is 0 Å². The minimum absolute atomic E-state index is 0.0382. The number of hydrogen-bond donors (Lipinski definition) is 7. The van der Waals surface area contributed by atoms with Gasteiger partial charge in [-0.2, -0.15) is 0 Å². The molecule has 13 heteroatoms. The highest BCUT2D eigenvalue weighted by Gasteiger charge is 2.33.